The average Bonchev–Trinajstić information content (AvgIpc) is 2.21. The number of rotatable bonds is 4. The number of carbonyl (C=O) groups is 1. The van der Waals surface area contributed by atoms with E-state index in [0.29, 0.717) is 13.1 Å². The first-order valence-electron chi connectivity index (χ1n) is 4.55. The van der Waals surface area contributed by atoms with Crippen molar-refractivity contribution in [1.29, 1.82) is 0 Å². The zero-order valence-corrected chi connectivity index (χ0v) is 8.85. The molecule has 0 spiro atoms. The van der Waals surface area contributed by atoms with E-state index in [2.05, 4.69) is 5.32 Å². The number of hydrogen-bond donors (Lipinski definition) is 2. The van der Waals surface area contributed by atoms with Gasteiger partial charge in [-0.3, -0.25) is 4.79 Å². The highest BCUT2D eigenvalue weighted by Crippen LogP contribution is 2.19. The molecule has 0 aliphatic carbocycles. The number of amides is 1. The molecule has 0 aromatic heterocycles. The van der Waals surface area contributed by atoms with Crippen molar-refractivity contribution in [3.05, 3.63) is 34.6 Å². The summed E-state index contributed by atoms with van der Waals surface area (Å²) in [6.07, 6.45) is -0.0640. The van der Waals surface area contributed by atoms with Gasteiger partial charge in [0.25, 0.3) is 0 Å². The first-order chi connectivity index (χ1) is 7.15. The van der Waals surface area contributed by atoms with Crippen molar-refractivity contribution in [2.75, 3.05) is 13.1 Å². The van der Waals surface area contributed by atoms with E-state index >= 15 is 0 Å². The Balaban J connectivity index is 2.68. The van der Waals surface area contributed by atoms with E-state index < -0.39 is 5.82 Å². The fraction of sp³-hybridized carbons (Fsp3) is 0.300. The largest absolute Gasteiger partial charge is 0.355 e. The van der Waals surface area contributed by atoms with Gasteiger partial charge in [-0.05, 0) is 12.1 Å². The molecule has 5 heteroatoms. The zero-order chi connectivity index (χ0) is 11.3. The van der Waals surface area contributed by atoms with Gasteiger partial charge in [0.2, 0.25) is 5.91 Å². The molecule has 15 heavy (non-hydrogen) atoms. The van der Waals surface area contributed by atoms with Gasteiger partial charge in [-0.2, -0.15) is 0 Å². The van der Waals surface area contributed by atoms with E-state index in [0.717, 1.165) is 0 Å². The van der Waals surface area contributed by atoms with Crippen molar-refractivity contribution in [1.82, 2.24) is 5.32 Å². The number of nitrogens with one attached hydrogen (secondary N) is 1. The molecule has 0 aliphatic rings. The molecule has 0 bridgehead atoms. The molecule has 0 unspecified atom stereocenters. The highest BCUT2D eigenvalue weighted by molar-refractivity contribution is 6.31. The van der Waals surface area contributed by atoms with Crippen LogP contribution in [-0.4, -0.2) is 19.0 Å². The molecular weight excluding hydrogens is 219 g/mol. The minimum atomic E-state index is -0.467. The zero-order valence-electron chi connectivity index (χ0n) is 8.09. The summed E-state index contributed by atoms with van der Waals surface area (Å²) in [5.74, 6) is -0.752. The highest BCUT2D eigenvalue weighted by atomic mass is 35.5. The lowest BCUT2D eigenvalue weighted by atomic mass is 10.1. The van der Waals surface area contributed by atoms with Gasteiger partial charge in [-0.25, -0.2) is 4.39 Å². The third-order valence-corrected chi connectivity index (χ3v) is 2.22. The standard InChI is InChI=1S/C10H12ClFN2O/c11-8-2-1-3-9(12)7(8)6-10(15)14-5-4-13/h1-3H,4-6,13H2,(H,14,15). The summed E-state index contributed by atoms with van der Waals surface area (Å²) in [7, 11) is 0. The summed E-state index contributed by atoms with van der Waals surface area (Å²) >= 11 is 5.76. The van der Waals surface area contributed by atoms with E-state index in [-0.39, 0.29) is 22.9 Å². The summed E-state index contributed by atoms with van der Waals surface area (Å²) in [6.45, 7) is 0.738. The van der Waals surface area contributed by atoms with E-state index in [1.54, 1.807) is 6.07 Å². The topological polar surface area (TPSA) is 55.1 Å². The Bertz CT molecular complexity index is 337. The molecule has 3 nitrogen and oxygen atoms in total. The third kappa shape index (κ3) is 3.49. The predicted octanol–water partition coefficient (Wildman–Crippen LogP) is 1.10. The second kappa shape index (κ2) is 5.68. The Kier molecular flexibility index (Phi) is 4.52. The van der Waals surface area contributed by atoms with Crippen LogP contribution in [-0.2, 0) is 11.2 Å². The van der Waals surface area contributed by atoms with Gasteiger partial charge < -0.3 is 11.1 Å². The fourth-order valence-electron chi connectivity index (χ4n) is 1.14. The van der Waals surface area contributed by atoms with Crippen molar-refractivity contribution in [3.8, 4) is 0 Å². The molecule has 1 aromatic carbocycles. The number of hydrogen-bond acceptors (Lipinski definition) is 2. The van der Waals surface area contributed by atoms with E-state index in [9.17, 15) is 9.18 Å². The summed E-state index contributed by atoms with van der Waals surface area (Å²) in [4.78, 5) is 11.3. The highest BCUT2D eigenvalue weighted by Gasteiger charge is 2.10. The normalized spacial score (nSPS) is 10.1. The van der Waals surface area contributed by atoms with Gasteiger partial charge in [0, 0.05) is 23.7 Å². The first kappa shape index (κ1) is 11.9. The molecule has 1 amide bonds. The van der Waals surface area contributed by atoms with Crippen molar-refractivity contribution in [2.24, 2.45) is 5.73 Å². The summed E-state index contributed by atoms with van der Waals surface area (Å²) in [5, 5.41) is 2.81. The molecule has 0 saturated heterocycles. The maximum absolute atomic E-state index is 13.2. The second-order valence-corrected chi connectivity index (χ2v) is 3.42. The second-order valence-electron chi connectivity index (χ2n) is 3.02. The Morgan fingerprint density at radius 3 is 2.87 bits per heavy atom. The van der Waals surface area contributed by atoms with Gasteiger partial charge in [-0.1, -0.05) is 17.7 Å². The van der Waals surface area contributed by atoms with Crippen LogP contribution in [0.1, 0.15) is 5.56 Å². The van der Waals surface area contributed by atoms with Gasteiger partial charge in [0.05, 0.1) is 6.42 Å². The predicted molar refractivity (Wildman–Crippen MR) is 57.2 cm³/mol. The van der Waals surface area contributed by atoms with Crippen LogP contribution in [0.5, 0.6) is 0 Å². The lowest BCUT2D eigenvalue weighted by Crippen LogP contribution is -2.30. The molecule has 82 valence electrons. The van der Waals surface area contributed by atoms with Gasteiger partial charge in [0.15, 0.2) is 0 Å². The molecule has 1 rings (SSSR count). The third-order valence-electron chi connectivity index (χ3n) is 1.87. The maximum atomic E-state index is 13.2. The maximum Gasteiger partial charge on any atom is 0.224 e. The SMILES string of the molecule is NCCNC(=O)Cc1c(F)cccc1Cl. The van der Waals surface area contributed by atoms with E-state index in [1.165, 1.54) is 12.1 Å². The van der Waals surface area contributed by atoms with Crippen LogP contribution in [0.3, 0.4) is 0 Å². The minimum absolute atomic E-state index is 0.0640. The smallest absolute Gasteiger partial charge is 0.224 e. The Hall–Kier alpha value is -1.13. The van der Waals surface area contributed by atoms with Gasteiger partial charge >= 0.3 is 0 Å². The molecule has 0 aliphatic heterocycles. The van der Waals surface area contributed by atoms with Crippen LogP contribution in [0.15, 0.2) is 18.2 Å². The lowest BCUT2D eigenvalue weighted by molar-refractivity contribution is -0.120. The molecular formula is C10H12ClFN2O. The van der Waals surface area contributed by atoms with Crippen LogP contribution >= 0.6 is 11.6 Å². The molecule has 3 N–H and O–H groups in total. The Morgan fingerprint density at radius 2 is 2.27 bits per heavy atom. The van der Waals surface area contributed by atoms with Gasteiger partial charge in [0.1, 0.15) is 5.82 Å². The van der Waals surface area contributed by atoms with Crippen LogP contribution in [0.2, 0.25) is 5.02 Å². The Labute approximate surface area is 92.4 Å². The molecule has 0 heterocycles. The summed E-state index contributed by atoms with van der Waals surface area (Å²) in [5.41, 5.74) is 5.43. The summed E-state index contributed by atoms with van der Waals surface area (Å²) < 4.78 is 13.2. The number of carbonyl (C=O) groups excluding carboxylic acids is 1. The van der Waals surface area contributed by atoms with Crippen LogP contribution < -0.4 is 11.1 Å². The molecule has 1 aromatic rings. The van der Waals surface area contributed by atoms with Crippen molar-refractivity contribution in [3.63, 3.8) is 0 Å². The first-order valence-corrected chi connectivity index (χ1v) is 4.92. The molecule has 0 saturated carbocycles. The van der Waals surface area contributed by atoms with E-state index in [1.807, 2.05) is 0 Å². The number of halogens is 2. The Morgan fingerprint density at radius 1 is 1.53 bits per heavy atom. The van der Waals surface area contributed by atoms with Crippen LogP contribution in [0, 0.1) is 5.82 Å². The van der Waals surface area contributed by atoms with Crippen molar-refractivity contribution in [2.45, 2.75) is 6.42 Å². The molecule has 0 fully saturated rings. The summed E-state index contributed by atoms with van der Waals surface area (Å²) in [6, 6.07) is 4.33. The minimum Gasteiger partial charge on any atom is -0.355 e. The number of benzene rings is 1. The monoisotopic (exact) mass is 230 g/mol. The quantitative estimate of drug-likeness (QED) is 0.814. The average molecular weight is 231 g/mol. The van der Waals surface area contributed by atoms with Crippen LogP contribution in [0.25, 0.3) is 0 Å². The number of nitrogens with two attached hydrogens (primary N) is 1. The molecule has 0 radical (unpaired) electrons. The molecule has 0 atom stereocenters. The van der Waals surface area contributed by atoms with Crippen LogP contribution in [0.4, 0.5) is 4.39 Å². The van der Waals surface area contributed by atoms with Crippen molar-refractivity contribution < 1.29 is 9.18 Å². The van der Waals surface area contributed by atoms with E-state index in [4.69, 9.17) is 17.3 Å². The van der Waals surface area contributed by atoms with Gasteiger partial charge in [-0.15, -0.1) is 0 Å². The van der Waals surface area contributed by atoms with Crippen molar-refractivity contribution >= 4 is 17.5 Å². The lowest BCUT2D eigenvalue weighted by Gasteiger charge is -2.06. The fourth-order valence-corrected chi connectivity index (χ4v) is 1.37.